The number of phenolic OH excluding ortho intramolecular Hbond substituents is 1. The number of hydrogen-bond donors (Lipinski definition) is 2. The molecule has 0 atom stereocenters. The molecule has 80 valence electrons. The van der Waals surface area contributed by atoms with Crippen molar-refractivity contribution in [3.63, 3.8) is 0 Å². The lowest BCUT2D eigenvalue weighted by molar-refractivity contribution is -0.385. The van der Waals surface area contributed by atoms with Gasteiger partial charge in [0.15, 0.2) is 11.5 Å². The van der Waals surface area contributed by atoms with Crippen LogP contribution in [0.15, 0.2) is 18.2 Å². The quantitative estimate of drug-likeness (QED) is 0.433. The number of hydrogen-bond acceptors (Lipinski definition) is 5. The van der Waals surface area contributed by atoms with Crippen molar-refractivity contribution in [1.29, 1.82) is 0 Å². The highest BCUT2D eigenvalue weighted by molar-refractivity contribution is 5.98. The highest BCUT2D eigenvalue weighted by Gasteiger charge is 2.15. The SMILES string of the molecule is CNCC(=O)c1ccc([N+](=O)[O-])c(O)c1. The van der Waals surface area contributed by atoms with Crippen LogP contribution >= 0.6 is 0 Å². The van der Waals surface area contributed by atoms with Gasteiger partial charge in [0, 0.05) is 11.6 Å². The van der Waals surface area contributed by atoms with Crippen LogP contribution in [0.2, 0.25) is 0 Å². The number of nitrogens with one attached hydrogen (secondary N) is 1. The summed E-state index contributed by atoms with van der Waals surface area (Å²) in [7, 11) is 1.61. The largest absolute Gasteiger partial charge is 0.502 e. The smallest absolute Gasteiger partial charge is 0.310 e. The van der Waals surface area contributed by atoms with Gasteiger partial charge < -0.3 is 10.4 Å². The van der Waals surface area contributed by atoms with Gasteiger partial charge in [0.2, 0.25) is 0 Å². The molecule has 1 aromatic carbocycles. The van der Waals surface area contributed by atoms with Gasteiger partial charge in [-0.1, -0.05) is 0 Å². The molecule has 1 aromatic rings. The molecule has 0 aliphatic rings. The molecule has 0 unspecified atom stereocenters. The maximum Gasteiger partial charge on any atom is 0.310 e. The lowest BCUT2D eigenvalue weighted by Gasteiger charge is -2.01. The van der Waals surface area contributed by atoms with Gasteiger partial charge in [-0.3, -0.25) is 14.9 Å². The number of carbonyl (C=O) groups is 1. The van der Waals surface area contributed by atoms with E-state index >= 15 is 0 Å². The highest BCUT2D eigenvalue weighted by Crippen LogP contribution is 2.26. The number of likely N-dealkylation sites (N-methyl/N-ethyl adjacent to an activating group) is 1. The molecule has 15 heavy (non-hydrogen) atoms. The van der Waals surface area contributed by atoms with Crippen molar-refractivity contribution in [2.45, 2.75) is 0 Å². The number of Topliss-reactive ketones (excluding diaryl/α,β-unsaturated/α-hetero) is 1. The summed E-state index contributed by atoms with van der Waals surface area (Å²) in [4.78, 5) is 21.0. The second-order valence-electron chi connectivity index (χ2n) is 2.91. The zero-order chi connectivity index (χ0) is 11.4. The van der Waals surface area contributed by atoms with E-state index in [1.807, 2.05) is 0 Å². The van der Waals surface area contributed by atoms with Crippen molar-refractivity contribution in [3.8, 4) is 5.75 Å². The third-order valence-electron chi connectivity index (χ3n) is 1.83. The van der Waals surface area contributed by atoms with Gasteiger partial charge in [-0.25, -0.2) is 0 Å². The van der Waals surface area contributed by atoms with Crippen LogP contribution < -0.4 is 5.32 Å². The molecule has 0 aliphatic heterocycles. The lowest BCUT2D eigenvalue weighted by atomic mass is 10.1. The minimum Gasteiger partial charge on any atom is -0.502 e. The summed E-state index contributed by atoms with van der Waals surface area (Å²) < 4.78 is 0. The first kappa shape index (κ1) is 11.1. The number of nitro benzene ring substituents is 1. The molecule has 0 bridgehead atoms. The highest BCUT2D eigenvalue weighted by atomic mass is 16.6. The fraction of sp³-hybridized carbons (Fsp3) is 0.222. The van der Waals surface area contributed by atoms with Crippen LogP contribution in [0.5, 0.6) is 5.75 Å². The van der Waals surface area contributed by atoms with Crippen molar-refractivity contribution in [3.05, 3.63) is 33.9 Å². The third kappa shape index (κ3) is 2.50. The van der Waals surface area contributed by atoms with E-state index in [1.165, 1.54) is 6.07 Å². The second-order valence-corrected chi connectivity index (χ2v) is 2.91. The number of ketones is 1. The van der Waals surface area contributed by atoms with E-state index in [9.17, 15) is 20.0 Å². The van der Waals surface area contributed by atoms with Gasteiger partial charge in [0.1, 0.15) is 0 Å². The van der Waals surface area contributed by atoms with Gasteiger partial charge in [0.05, 0.1) is 11.5 Å². The maximum atomic E-state index is 11.3. The van der Waals surface area contributed by atoms with E-state index in [4.69, 9.17) is 0 Å². The van der Waals surface area contributed by atoms with E-state index < -0.39 is 16.4 Å². The van der Waals surface area contributed by atoms with Crippen LogP contribution in [0.25, 0.3) is 0 Å². The molecule has 0 saturated heterocycles. The number of nitro groups is 1. The van der Waals surface area contributed by atoms with Gasteiger partial charge in [0.25, 0.3) is 0 Å². The first-order chi connectivity index (χ1) is 7.06. The van der Waals surface area contributed by atoms with Crippen LogP contribution in [0.3, 0.4) is 0 Å². The van der Waals surface area contributed by atoms with E-state index in [1.54, 1.807) is 7.05 Å². The van der Waals surface area contributed by atoms with Crippen molar-refractivity contribution >= 4 is 11.5 Å². The molecular formula is C9H10N2O4. The Balaban J connectivity index is 3.01. The van der Waals surface area contributed by atoms with Crippen molar-refractivity contribution in [2.75, 3.05) is 13.6 Å². The minimum absolute atomic E-state index is 0.122. The number of aromatic hydroxyl groups is 1. The fourth-order valence-electron chi connectivity index (χ4n) is 1.11. The molecule has 6 heteroatoms. The Morgan fingerprint density at radius 3 is 2.73 bits per heavy atom. The van der Waals surface area contributed by atoms with Crippen LogP contribution in [0, 0.1) is 10.1 Å². The maximum absolute atomic E-state index is 11.3. The Morgan fingerprint density at radius 1 is 1.60 bits per heavy atom. The zero-order valence-electron chi connectivity index (χ0n) is 8.06. The average Bonchev–Trinajstić information content (AvgIpc) is 2.17. The average molecular weight is 210 g/mol. The second kappa shape index (κ2) is 4.52. The van der Waals surface area contributed by atoms with E-state index in [-0.39, 0.29) is 17.9 Å². The van der Waals surface area contributed by atoms with Crippen LogP contribution in [0.1, 0.15) is 10.4 Å². The summed E-state index contributed by atoms with van der Waals surface area (Å²) in [6, 6.07) is 3.52. The van der Waals surface area contributed by atoms with Gasteiger partial charge >= 0.3 is 5.69 Å². The van der Waals surface area contributed by atoms with E-state index in [2.05, 4.69) is 5.32 Å². The van der Waals surface area contributed by atoms with Gasteiger partial charge in [-0.15, -0.1) is 0 Å². The molecular weight excluding hydrogens is 200 g/mol. The molecule has 0 saturated carbocycles. The number of nitrogens with zero attached hydrogens (tertiary/aromatic N) is 1. The topological polar surface area (TPSA) is 92.5 Å². The molecule has 6 nitrogen and oxygen atoms in total. The molecule has 0 fully saturated rings. The number of benzene rings is 1. The molecule has 0 spiro atoms. The normalized spacial score (nSPS) is 9.93. The molecule has 0 heterocycles. The Labute approximate surface area is 85.7 Å². The first-order valence-electron chi connectivity index (χ1n) is 4.21. The predicted molar refractivity (Wildman–Crippen MR) is 53.0 cm³/mol. The molecule has 2 N–H and O–H groups in total. The number of phenols is 1. The third-order valence-corrected chi connectivity index (χ3v) is 1.83. The predicted octanol–water partition coefficient (Wildman–Crippen LogP) is 0.702. The molecule has 0 aromatic heterocycles. The first-order valence-corrected chi connectivity index (χ1v) is 4.21. The summed E-state index contributed by atoms with van der Waals surface area (Å²) in [5, 5.41) is 22.3. The van der Waals surface area contributed by atoms with Crippen LogP contribution in [-0.4, -0.2) is 29.4 Å². The van der Waals surface area contributed by atoms with E-state index in [0.29, 0.717) is 0 Å². The molecule has 1 rings (SSSR count). The van der Waals surface area contributed by atoms with Crippen LogP contribution in [-0.2, 0) is 0 Å². The summed E-state index contributed by atoms with van der Waals surface area (Å²) in [5.41, 5.74) is -0.163. The Hall–Kier alpha value is -1.95. The molecule has 0 amide bonds. The standard InChI is InChI=1S/C9H10N2O4/c1-10-5-9(13)6-2-3-7(11(14)15)8(12)4-6/h2-4,10,12H,5H2,1H3. The van der Waals surface area contributed by atoms with Crippen molar-refractivity contribution in [2.24, 2.45) is 0 Å². The minimum atomic E-state index is -0.707. The molecule has 0 aliphatic carbocycles. The Morgan fingerprint density at radius 2 is 2.27 bits per heavy atom. The monoisotopic (exact) mass is 210 g/mol. The zero-order valence-corrected chi connectivity index (χ0v) is 8.06. The summed E-state index contributed by atoms with van der Waals surface area (Å²) in [6.45, 7) is 0.122. The van der Waals surface area contributed by atoms with E-state index in [0.717, 1.165) is 12.1 Å². The lowest BCUT2D eigenvalue weighted by Crippen LogP contribution is -2.18. The summed E-state index contributed by atoms with van der Waals surface area (Å²) in [5.74, 6) is -0.732. The van der Waals surface area contributed by atoms with Gasteiger partial charge in [-0.05, 0) is 19.2 Å². The number of rotatable bonds is 4. The van der Waals surface area contributed by atoms with Gasteiger partial charge in [-0.2, -0.15) is 0 Å². The summed E-state index contributed by atoms with van der Waals surface area (Å²) >= 11 is 0. The fourth-order valence-corrected chi connectivity index (χ4v) is 1.11. The Bertz CT molecular complexity index is 403. The van der Waals surface area contributed by atoms with Crippen molar-refractivity contribution < 1.29 is 14.8 Å². The van der Waals surface area contributed by atoms with Crippen molar-refractivity contribution in [1.82, 2.24) is 5.32 Å². The molecule has 0 radical (unpaired) electrons. The summed E-state index contributed by atoms with van der Waals surface area (Å²) in [6.07, 6.45) is 0. The number of carbonyl (C=O) groups excluding carboxylic acids is 1. The Kier molecular flexibility index (Phi) is 3.35. The van der Waals surface area contributed by atoms with Crippen LogP contribution in [0.4, 0.5) is 5.69 Å².